The Morgan fingerprint density at radius 1 is 1.15 bits per heavy atom. The summed E-state index contributed by atoms with van der Waals surface area (Å²) in [5.74, 6) is 3.31. The lowest BCUT2D eigenvalue weighted by molar-refractivity contribution is 0.225. The van der Waals surface area contributed by atoms with E-state index in [0.717, 1.165) is 43.0 Å². The molecule has 0 aromatic heterocycles. The molecule has 2 N–H and O–H groups in total. The quantitative estimate of drug-likeness (QED) is 0.890. The van der Waals surface area contributed by atoms with Gasteiger partial charge in [-0.2, -0.15) is 0 Å². The highest BCUT2D eigenvalue weighted by molar-refractivity contribution is 5.31. The summed E-state index contributed by atoms with van der Waals surface area (Å²) in [6.07, 6.45) is 2.52. The first-order chi connectivity index (χ1) is 9.76. The van der Waals surface area contributed by atoms with Crippen molar-refractivity contribution in [1.29, 1.82) is 0 Å². The summed E-state index contributed by atoms with van der Waals surface area (Å²) in [7, 11) is 1.67. The average Bonchev–Trinajstić information content (AvgIpc) is 3.02. The van der Waals surface area contributed by atoms with Crippen molar-refractivity contribution >= 4 is 0 Å². The Balaban J connectivity index is 1.42. The van der Waals surface area contributed by atoms with Gasteiger partial charge in [-0.1, -0.05) is 0 Å². The van der Waals surface area contributed by atoms with E-state index in [1.807, 2.05) is 24.3 Å². The normalized spacial score (nSPS) is 29.4. The Morgan fingerprint density at radius 2 is 1.90 bits per heavy atom. The third-order valence-corrected chi connectivity index (χ3v) is 4.72. The highest BCUT2D eigenvalue weighted by atomic mass is 16.5. The molecule has 0 amide bonds. The fourth-order valence-electron chi connectivity index (χ4n) is 3.55. The van der Waals surface area contributed by atoms with Gasteiger partial charge in [0.05, 0.1) is 7.11 Å². The van der Waals surface area contributed by atoms with E-state index in [1.165, 1.54) is 19.4 Å². The number of methoxy groups -OCH3 is 1. The number of likely N-dealkylation sites (tertiary alicyclic amines) is 1. The van der Waals surface area contributed by atoms with Crippen LogP contribution in [0.25, 0.3) is 0 Å². The molecule has 0 spiro atoms. The molecule has 20 heavy (non-hydrogen) atoms. The predicted octanol–water partition coefficient (Wildman–Crippen LogP) is 1.74. The number of ether oxygens (including phenoxy) is 2. The van der Waals surface area contributed by atoms with E-state index in [4.69, 9.17) is 15.2 Å². The molecule has 2 fully saturated rings. The summed E-state index contributed by atoms with van der Waals surface area (Å²) in [6.45, 7) is 4.08. The van der Waals surface area contributed by atoms with Gasteiger partial charge in [-0.25, -0.2) is 0 Å². The van der Waals surface area contributed by atoms with Crippen molar-refractivity contribution in [3.05, 3.63) is 24.3 Å². The van der Waals surface area contributed by atoms with Crippen molar-refractivity contribution in [2.24, 2.45) is 17.6 Å². The van der Waals surface area contributed by atoms with Crippen LogP contribution < -0.4 is 15.2 Å². The Bertz CT molecular complexity index is 435. The maximum Gasteiger partial charge on any atom is 0.119 e. The zero-order valence-corrected chi connectivity index (χ0v) is 12.1. The van der Waals surface area contributed by atoms with Gasteiger partial charge in [0.1, 0.15) is 18.1 Å². The molecule has 3 rings (SSSR count). The summed E-state index contributed by atoms with van der Waals surface area (Å²) in [5, 5.41) is 0. The lowest BCUT2D eigenvalue weighted by Crippen LogP contribution is -2.32. The van der Waals surface area contributed by atoms with E-state index in [0.29, 0.717) is 6.04 Å². The van der Waals surface area contributed by atoms with Crippen LogP contribution in [0.3, 0.4) is 0 Å². The van der Waals surface area contributed by atoms with Gasteiger partial charge in [-0.05, 0) is 48.9 Å². The first-order valence-corrected chi connectivity index (χ1v) is 7.51. The van der Waals surface area contributed by atoms with Gasteiger partial charge in [0.25, 0.3) is 0 Å². The summed E-state index contributed by atoms with van der Waals surface area (Å²) in [6, 6.07) is 8.18. The van der Waals surface area contributed by atoms with Gasteiger partial charge in [0.2, 0.25) is 0 Å². The summed E-state index contributed by atoms with van der Waals surface area (Å²) < 4.78 is 10.9. The zero-order valence-electron chi connectivity index (χ0n) is 12.1. The molecule has 1 saturated carbocycles. The van der Waals surface area contributed by atoms with Crippen LogP contribution in [0.15, 0.2) is 24.3 Å². The molecule has 0 radical (unpaired) electrons. The Kier molecular flexibility index (Phi) is 4.13. The fourth-order valence-corrected chi connectivity index (χ4v) is 3.55. The smallest absolute Gasteiger partial charge is 0.119 e. The zero-order chi connectivity index (χ0) is 13.9. The van der Waals surface area contributed by atoms with E-state index >= 15 is 0 Å². The lowest BCUT2D eigenvalue weighted by atomic mass is 9.98. The van der Waals surface area contributed by atoms with Gasteiger partial charge in [0.15, 0.2) is 0 Å². The molecule has 1 aliphatic heterocycles. The molecule has 4 heteroatoms. The van der Waals surface area contributed by atoms with Crippen molar-refractivity contribution in [1.82, 2.24) is 4.90 Å². The minimum absolute atomic E-state index is 0.424. The van der Waals surface area contributed by atoms with Crippen molar-refractivity contribution in [2.75, 3.05) is 33.4 Å². The van der Waals surface area contributed by atoms with Crippen LogP contribution in [0.4, 0.5) is 0 Å². The molecular weight excluding hydrogens is 252 g/mol. The van der Waals surface area contributed by atoms with Gasteiger partial charge in [-0.3, -0.25) is 4.90 Å². The monoisotopic (exact) mass is 276 g/mol. The Hall–Kier alpha value is -1.26. The molecule has 3 atom stereocenters. The molecule has 1 saturated heterocycles. The number of nitrogens with two attached hydrogens (primary N) is 1. The van der Waals surface area contributed by atoms with E-state index in [9.17, 15) is 0 Å². The van der Waals surface area contributed by atoms with Crippen molar-refractivity contribution in [2.45, 2.75) is 18.9 Å². The topological polar surface area (TPSA) is 47.7 Å². The summed E-state index contributed by atoms with van der Waals surface area (Å²) >= 11 is 0. The molecule has 1 aromatic carbocycles. The molecule has 110 valence electrons. The van der Waals surface area contributed by atoms with Gasteiger partial charge in [0, 0.05) is 25.7 Å². The molecule has 0 bridgehead atoms. The minimum Gasteiger partial charge on any atom is -0.497 e. The Morgan fingerprint density at radius 3 is 2.60 bits per heavy atom. The summed E-state index contributed by atoms with van der Waals surface area (Å²) in [5.41, 5.74) is 6.16. The number of nitrogens with zero attached hydrogens (tertiary/aromatic N) is 1. The standard InChI is InChI=1S/C16H24N2O2/c1-19-13-3-5-14(6-4-13)20-9-8-18-10-12-2-7-16(17)15(12)11-18/h3-6,12,15-16H,2,7-11,17H2,1H3. The van der Waals surface area contributed by atoms with Crippen LogP contribution in [-0.2, 0) is 0 Å². The average molecular weight is 276 g/mol. The maximum atomic E-state index is 6.16. The molecular formula is C16H24N2O2. The van der Waals surface area contributed by atoms with E-state index < -0.39 is 0 Å². The number of hydrogen-bond acceptors (Lipinski definition) is 4. The largest absolute Gasteiger partial charge is 0.497 e. The molecule has 3 unspecified atom stereocenters. The molecule has 1 aliphatic carbocycles. The van der Waals surface area contributed by atoms with Crippen molar-refractivity contribution in [3.63, 3.8) is 0 Å². The van der Waals surface area contributed by atoms with Crippen LogP contribution in [0, 0.1) is 11.8 Å². The van der Waals surface area contributed by atoms with Gasteiger partial charge < -0.3 is 15.2 Å². The first-order valence-electron chi connectivity index (χ1n) is 7.51. The first kappa shape index (κ1) is 13.7. The van der Waals surface area contributed by atoms with E-state index in [1.54, 1.807) is 7.11 Å². The molecule has 1 aromatic rings. The SMILES string of the molecule is COc1ccc(OCCN2CC3CCC(N)C3C2)cc1. The second kappa shape index (κ2) is 6.02. The van der Waals surface area contributed by atoms with Crippen LogP contribution in [0.2, 0.25) is 0 Å². The third kappa shape index (κ3) is 2.91. The van der Waals surface area contributed by atoms with E-state index in [2.05, 4.69) is 4.90 Å². The van der Waals surface area contributed by atoms with E-state index in [-0.39, 0.29) is 0 Å². The lowest BCUT2D eigenvalue weighted by Gasteiger charge is -2.18. The molecule has 4 nitrogen and oxygen atoms in total. The number of benzene rings is 1. The summed E-state index contributed by atoms with van der Waals surface area (Å²) in [4.78, 5) is 2.50. The van der Waals surface area contributed by atoms with Crippen molar-refractivity contribution < 1.29 is 9.47 Å². The predicted molar refractivity (Wildman–Crippen MR) is 79.1 cm³/mol. The highest BCUT2D eigenvalue weighted by Gasteiger charge is 2.40. The number of fused-ring (bicyclic) bond motifs is 1. The third-order valence-electron chi connectivity index (χ3n) is 4.72. The van der Waals surface area contributed by atoms with Crippen LogP contribution in [0.1, 0.15) is 12.8 Å². The fraction of sp³-hybridized carbons (Fsp3) is 0.625. The minimum atomic E-state index is 0.424. The van der Waals surface area contributed by atoms with Crippen LogP contribution in [-0.4, -0.2) is 44.3 Å². The number of rotatable bonds is 5. The van der Waals surface area contributed by atoms with Crippen LogP contribution >= 0.6 is 0 Å². The Labute approximate surface area is 120 Å². The second-order valence-electron chi connectivity index (χ2n) is 5.95. The maximum absolute atomic E-state index is 6.16. The number of hydrogen-bond donors (Lipinski definition) is 1. The van der Waals surface area contributed by atoms with Gasteiger partial charge in [-0.15, -0.1) is 0 Å². The molecule has 2 aliphatic rings. The van der Waals surface area contributed by atoms with Crippen LogP contribution in [0.5, 0.6) is 11.5 Å². The highest BCUT2D eigenvalue weighted by Crippen LogP contribution is 2.36. The second-order valence-corrected chi connectivity index (χ2v) is 5.95. The van der Waals surface area contributed by atoms with Crippen molar-refractivity contribution in [3.8, 4) is 11.5 Å². The molecule has 1 heterocycles. The van der Waals surface area contributed by atoms with Gasteiger partial charge >= 0.3 is 0 Å².